The molecule has 0 radical (unpaired) electrons. The Hall–Kier alpha value is 0.0249. The van der Waals surface area contributed by atoms with Crippen molar-refractivity contribution in [2.45, 2.75) is 64.0 Å². The van der Waals surface area contributed by atoms with Gasteiger partial charge in [0.25, 0.3) is 6.92 Å². The lowest BCUT2D eigenvalue weighted by Gasteiger charge is -2.29. The zero-order valence-corrected chi connectivity index (χ0v) is 10.5. The Kier molecular flexibility index (Phi) is 3.76. The highest BCUT2D eigenvalue weighted by molar-refractivity contribution is 6.55. The Bertz CT molecular complexity index is 187. The van der Waals surface area contributed by atoms with Crippen molar-refractivity contribution in [3.63, 3.8) is 0 Å². The summed E-state index contributed by atoms with van der Waals surface area (Å²) in [5.41, 5.74) is 0. The average Bonchev–Trinajstić information content (AvgIpc) is 2.80. The molecular formula is C13H25BO. The molecule has 4 atom stereocenters. The van der Waals surface area contributed by atoms with E-state index >= 15 is 0 Å². The lowest BCUT2D eigenvalue weighted by Crippen LogP contribution is -2.32. The van der Waals surface area contributed by atoms with Crippen molar-refractivity contribution >= 4 is 6.92 Å². The fourth-order valence-electron chi connectivity index (χ4n) is 3.99. The summed E-state index contributed by atoms with van der Waals surface area (Å²) in [6.45, 7) is 5.40. The third kappa shape index (κ3) is 2.25. The van der Waals surface area contributed by atoms with Crippen LogP contribution >= 0.6 is 0 Å². The van der Waals surface area contributed by atoms with Gasteiger partial charge in [-0.15, -0.1) is 0 Å². The zero-order chi connectivity index (χ0) is 10.8. The fourth-order valence-corrected chi connectivity index (χ4v) is 3.99. The van der Waals surface area contributed by atoms with Crippen LogP contribution in [0.25, 0.3) is 0 Å². The van der Waals surface area contributed by atoms with Crippen molar-refractivity contribution < 1.29 is 4.65 Å². The Labute approximate surface area is 95.1 Å². The van der Waals surface area contributed by atoms with Gasteiger partial charge in [-0.1, -0.05) is 52.4 Å². The van der Waals surface area contributed by atoms with Gasteiger partial charge in [-0.25, -0.2) is 0 Å². The van der Waals surface area contributed by atoms with Crippen LogP contribution in [-0.4, -0.2) is 14.0 Å². The molecule has 0 amide bonds. The van der Waals surface area contributed by atoms with Gasteiger partial charge in [-0.05, 0) is 23.5 Å². The van der Waals surface area contributed by atoms with Crippen molar-refractivity contribution in [1.82, 2.24) is 0 Å². The fraction of sp³-hybridized carbons (Fsp3) is 1.00. The maximum absolute atomic E-state index is 5.86. The molecule has 2 aliphatic rings. The zero-order valence-electron chi connectivity index (χ0n) is 10.5. The quantitative estimate of drug-likeness (QED) is 0.637. The first-order chi connectivity index (χ1) is 7.24. The van der Waals surface area contributed by atoms with Crippen LogP contribution in [-0.2, 0) is 4.65 Å². The van der Waals surface area contributed by atoms with Crippen molar-refractivity contribution in [3.8, 4) is 0 Å². The maximum atomic E-state index is 5.86. The minimum absolute atomic E-state index is 0.556. The first kappa shape index (κ1) is 11.5. The largest absolute Gasteiger partial charge is 0.438 e. The molecule has 1 nitrogen and oxygen atoms in total. The standard InChI is InChI=1S/C13H25BO/c1-10-6-4-8-12(10)14(15-3)13-9-5-7-11(13)2/h10-13H,4-9H2,1-3H3. The van der Waals surface area contributed by atoms with E-state index in [9.17, 15) is 0 Å². The summed E-state index contributed by atoms with van der Waals surface area (Å²) in [7, 11) is 1.93. The lowest BCUT2D eigenvalue weighted by atomic mass is 9.43. The molecule has 0 N–H and O–H groups in total. The summed E-state index contributed by atoms with van der Waals surface area (Å²) in [4.78, 5) is 0. The molecule has 0 heterocycles. The van der Waals surface area contributed by atoms with E-state index < -0.39 is 0 Å². The van der Waals surface area contributed by atoms with Gasteiger partial charge in [0, 0.05) is 7.11 Å². The molecule has 2 heteroatoms. The van der Waals surface area contributed by atoms with Crippen LogP contribution in [0.4, 0.5) is 0 Å². The van der Waals surface area contributed by atoms with Crippen LogP contribution in [0, 0.1) is 11.8 Å². The molecule has 0 bridgehead atoms. The van der Waals surface area contributed by atoms with E-state index in [0.717, 1.165) is 23.5 Å². The smallest absolute Gasteiger partial charge is 0.299 e. The normalized spacial score (nSPS) is 41.0. The summed E-state index contributed by atoms with van der Waals surface area (Å²) in [6, 6.07) is 0. The third-order valence-corrected chi connectivity index (χ3v) is 4.97. The minimum Gasteiger partial charge on any atom is -0.438 e. The van der Waals surface area contributed by atoms with E-state index in [2.05, 4.69) is 13.8 Å². The summed E-state index contributed by atoms with van der Waals surface area (Å²) in [5, 5.41) is 0. The van der Waals surface area contributed by atoms with Gasteiger partial charge in [0.05, 0.1) is 0 Å². The molecule has 0 aromatic heterocycles. The van der Waals surface area contributed by atoms with E-state index in [1.807, 2.05) is 7.11 Å². The van der Waals surface area contributed by atoms with Crippen LogP contribution in [0.2, 0.25) is 11.6 Å². The van der Waals surface area contributed by atoms with E-state index in [0.29, 0.717) is 6.92 Å². The van der Waals surface area contributed by atoms with Crippen molar-refractivity contribution in [1.29, 1.82) is 0 Å². The number of hydrogen-bond acceptors (Lipinski definition) is 1. The van der Waals surface area contributed by atoms with Gasteiger partial charge in [-0.2, -0.15) is 0 Å². The first-order valence-electron chi connectivity index (χ1n) is 6.76. The Morgan fingerprint density at radius 3 is 1.60 bits per heavy atom. The minimum atomic E-state index is 0.556. The van der Waals surface area contributed by atoms with Gasteiger partial charge in [0.2, 0.25) is 0 Å². The molecule has 2 fully saturated rings. The van der Waals surface area contributed by atoms with E-state index in [-0.39, 0.29) is 0 Å². The van der Waals surface area contributed by atoms with Crippen LogP contribution in [0.5, 0.6) is 0 Å². The number of rotatable bonds is 3. The van der Waals surface area contributed by atoms with Gasteiger partial charge in [-0.3, -0.25) is 0 Å². The predicted molar refractivity (Wildman–Crippen MR) is 66.3 cm³/mol. The van der Waals surface area contributed by atoms with Crippen molar-refractivity contribution in [3.05, 3.63) is 0 Å². The van der Waals surface area contributed by atoms with Gasteiger partial charge < -0.3 is 4.65 Å². The molecule has 4 unspecified atom stereocenters. The summed E-state index contributed by atoms with van der Waals surface area (Å²) in [5.74, 6) is 3.48. The van der Waals surface area contributed by atoms with E-state index in [4.69, 9.17) is 4.65 Å². The second-order valence-corrected chi connectivity index (χ2v) is 5.84. The highest BCUT2D eigenvalue weighted by Crippen LogP contribution is 2.48. The van der Waals surface area contributed by atoms with Crippen LogP contribution in [0.1, 0.15) is 52.4 Å². The highest BCUT2D eigenvalue weighted by Gasteiger charge is 2.43. The summed E-state index contributed by atoms with van der Waals surface area (Å²) in [6.07, 6.45) is 8.50. The Morgan fingerprint density at radius 2 is 1.33 bits per heavy atom. The van der Waals surface area contributed by atoms with Gasteiger partial charge in [0.1, 0.15) is 0 Å². The predicted octanol–water partition coefficient (Wildman–Crippen LogP) is 4.00. The monoisotopic (exact) mass is 208 g/mol. The molecule has 0 spiro atoms. The van der Waals surface area contributed by atoms with E-state index in [1.54, 1.807) is 0 Å². The molecule has 0 saturated heterocycles. The summed E-state index contributed by atoms with van der Waals surface area (Å²) >= 11 is 0. The molecule has 0 aliphatic heterocycles. The highest BCUT2D eigenvalue weighted by atomic mass is 16.4. The molecule has 2 rings (SSSR count). The average molecular weight is 208 g/mol. The molecule has 86 valence electrons. The molecule has 0 aromatic rings. The Balaban J connectivity index is 2.02. The Morgan fingerprint density at radius 1 is 0.867 bits per heavy atom. The first-order valence-corrected chi connectivity index (χ1v) is 6.76. The maximum Gasteiger partial charge on any atom is 0.299 e. The van der Waals surface area contributed by atoms with Gasteiger partial charge >= 0.3 is 0 Å². The topological polar surface area (TPSA) is 9.23 Å². The molecule has 0 aromatic carbocycles. The van der Waals surface area contributed by atoms with Crippen LogP contribution in [0.3, 0.4) is 0 Å². The van der Waals surface area contributed by atoms with Gasteiger partial charge in [0.15, 0.2) is 0 Å². The third-order valence-electron chi connectivity index (χ3n) is 4.97. The second-order valence-electron chi connectivity index (χ2n) is 5.84. The van der Waals surface area contributed by atoms with Crippen molar-refractivity contribution in [2.24, 2.45) is 11.8 Å². The summed E-state index contributed by atoms with van der Waals surface area (Å²) < 4.78 is 5.86. The van der Waals surface area contributed by atoms with Crippen LogP contribution < -0.4 is 0 Å². The lowest BCUT2D eigenvalue weighted by molar-refractivity contribution is 0.367. The van der Waals surface area contributed by atoms with E-state index in [1.165, 1.54) is 38.5 Å². The SMILES string of the molecule is COB(C1CCCC1C)C1CCCC1C. The number of hydrogen-bond donors (Lipinski definition) is 0. The molecule has 2 aliphatic carbocycles. The van der Waals surface area contributed by atoms with Crippen LogP contribution in [0.15, 0.2) is 0 Å². The second kappa shape index (κ2) is 4.90. The molecular weight excluding hydrogens is 183 g/mol. The van der Waals surface area contributed by atoms with Crippen molar-refractivity contribution in [2.75, 3.05) is 7.11 Å². The molecule has 15 heavy (non-hydrogen) atoms. The molecule has 2 saturated carbocycles.